The highest BCUT2D eigenvalue weighted by Gasteiger charge is 2.13. The third kappa shape index (κ3) is 2.62. The molecule has 0 aromatic carbocycles. The third-order valence-corrected chi connectivity index (χ3v) is 2.44. The Bertz CT molecular complexity index is 539. The highest BCUT2D eigenvalue weighted by molar-refractivity contribution is 6.33. The Balaban J connectivity index is 2.14. The second-order valence-electron chi connectivity index (χ2n) is 3.28. The lowest BCUT2D eigenvalue weighted by Gasteiger charge is -2.02. The molecule has 0 saturated carbocycles. The molecule has 2 aromatic heterocycles. The van der Waals surface area contributed by atoms with Gasteiger partial charge in [0.15, 0.2) is 5.75 Å². The van der Waals surface area contributed by atoms with Gasteiger partial charge in [-0.1, -0.05) is 11.6 Å². The van der Waals surface area contributed by atoms with Crippen LogP contribution in [-0.2, 0) is 6.54 Å². The number of carbonyl (C=O) groups is 1. The molecule has 0 aliphatic heterocycles. The van der Waals surface area contributed by atoms with Crippen molar-refractivity contribution in [3.8, 4) is 5.75 Å². The molecule has 0 aliphatic rings. The molecule has 88 valence electrons. The molecule has 5 nitrogen and oxygen atoms in total. The van der Waals surface area contributed by atoms with E-state index in [-0.39, 0.29) is 10.6 Å². The summed E-state index contributed by atoms with van der Waals surface area (Å²) in [5, 5.41) is 4.26. The van der Waals surface area contributed by atoms with Crippen molar-refractivity contribution in [1.82, 2.24) is 14.8 Å². The summed E-state index contributed by atoms with van der Waals surface area (Å²) in [6.45, 7) is 2.66. The summed E-state index contributed by atoms with van der Waals surface area (Å²) in [6, 6.07) is 1.51. The Morgan fingerprint density at radius 2 is 2.35 bits per heavy atom. The molecule has 0 bridgehead atoms. The summed E-state index contributed by atoms with van der Waals surface area (Å²) < 4.78 is 6.79. The molecule has 2 aromatic rings. The zero-order valence-electron chi connectivity index (χ0n) is 9.13. The lowest BCUT2D eigenvalue weighted by atomic mass is 10.3. The van der Waals surface area contributed by atoms with E-state index in [9.17, 15) is 4.79 Å². The van der Waals surface area contributed by atoms with E-state index < -0.39 is 5.97 Å². The molecule has 0 amide bonds. The topological polar surface area (TPSA) is 57.0 Å². The minimum atomic E-state index is -0.520. The van der Waals surface area contributed by atoms with Gasteiger partial charge in [-0.3, -0.25) is 9.67 Å². The molecule has 0 atom stereocenters. The van der Waals surface area contributed by atoms with Gasteiger partial charge in [-0.15, -0.1) is 0 Å². The number of ether oxygens (including phenoxy) is 1. The van der Waals surface area contributed by atoms with Crippen molar-refractivity contribution in [1.29, 1.82) is 0 Å². The first-order valence-corrected chi connectivity index (χ1v) is 5.42. The van der Waals surface area contributed by atoms with E-state index in [1.165, 1.54) is 24.7 Å². The summed E-state index contributed by atoms with van der Waals surface area (Å²) in [4.78, 5) is 15.6. The molecule has 0 saturated heterocycles. The molecule has 0 aliphatic carbocycles. The van der Waals surface area contributed by atoms with Crippen molar-refractivity contribution in [3.05, 3.63) is 41.4 Å². The predicted molar refractivity (Wildman–Crippen MR) is 62.1 cm³/mol. The third-order valence-electron chi connectivity index (χ3n) is 2.14. The monoisotopic (exact) mass is 251 g/mol. The van der Waals surface area contributed by atoms with E-state index in [1.807, 2.05) is 6.92 Å². The van der Waals surface area contributed by atoms with Crippen LogP contribution in [0.1, 0.15) is 17.3 Å². The first-order valence-electron chi connectivity index (χ1n) is 5.05. The average Bonchev–Trinajstić information content (AvgIpc) is 2.77. The van der Waals surface area contributed by atoms with Gasteiger partial charge in [0.2, 0.25) is 0 Å². The number of pyridine rings is 1. The van der Waals surface area contributed by atoms with Crippen molar-refractivity contribution in [2.75, 3.05) is 0 Å². The predicted octanol–water partition coefficient (Wildman–Crippen LogP) is 2.17. The van der Waals surface area contributed by atoms with Crippen molar-refractivity contribution < 1.29 is 9.53 Å². The fraction of sp³-hybridized carbons (Fsp3) is 0.182. The van der Waals surface area contributed by atoms with Crippen LogP contribution in [0.25, 0.3) is 0 Å². The first-order chi connectivity index (χ1) is 8.20. The SMILES string of the molecule is CCn1cc(OC(=O)c2ccncc2Cl)cn1. The van der Waals surface area contributed by atoms with Crippen molar-refractivity contribution in [3.63, 3.8) is 0 Å². The van der Waals surface area contributed by atoms with Crippen LogP contribution in [0, 0.1) is 0 Å². The largest absolute Gasteiger partial charge is 0.420 e. The zero-order valence-corrected chi connectivity index (χ0v) is 9.89. The second kappa shape index (κ2) is 4.97. The fourth-order valence-electron chi connectivity index (χ4n) is 1.27. The van der Waals surface area contributed by atoms with Gasteiger partial charge in [-0.2, -0.15) is 5.10 Å². The number of esters is 1. The van der Waals surface area contributed by atoms with Gasteiger partial charge in [-0.25, -0.2) is 4.79 Å². The molecule has 17 heavy (non-hydrogen) atoms. The minimum Gasteiger partial charge on any atom is -0.420 e. The number of nitrogens with zero attached hydrogens (tertiary/aromatic N) is 3. The van der Waals surface area contributed by atoms with Gasteiger partial charge in [-0.05, 0) is 13.0 Å². The van der Waals surface area contributed by atoms with Crippen molar-refractivity contribution in [2.45, 2.75) is 13.5 Å². The summed E-state index contributed by atoms with van der Waals surface area (Å²) in [5.41, 5.74) is 0.283. The van der Waals surface area contributed by atoms with Gasteiger partial charge in [0, 0.05) is 18.9 Å². The van der Waals surface area contributed by atoms with Crippen LogP contribution in [0.3, 0.4) is 0 Å². The summed E-state index contributed by atoms with van der Waals surface area (Å²) in [5.74, 6) is -0.127. The van der Waals surface area contributed by atoms with Gasteiger partial charge >= 0.3 is 5.97 Å². The van der Waals surface area contributed by atoms with E-state index in [4.69, 9.17) is 16.3 Å². The Morgan fingerprint density at radius 3 is 3.00 bits per heavy atom. The van der Waals surface area contributed by atoms with Crippen LogP contribution in [0.5, 0.6) is 5.75 Å². The molecule has 0 unspecified atom stereocenters. The molecule has 6 heteroatoms. The molecule has 0 radical (unpaired) electrons. The molecular formula is C11H10ClN3O2. The first kappa shape index (κ1) is 11.6. The number of aromatic nitrogens is 3. The van der Waals surface area contributed by atoms with Gasteiger partial charge in [0.1, 0.15) is 0 Å². The smallest absolute Gasteiger partial charge is 0.345 e. The van der Waals surface area contributed by atoms with Crippen molar-refractivity contribution >= 4 is 17.6 Å². The quantitative estimate of drug-likeness (QED) is 0.785. The Kier molecular flexibility index (Phi) is 3.39. The standard InChI is InChI=1S/C11H10ClN3O2/c1-2-15-7-8(5-14-15)17-11(16)9-3-4-13-6-10(9)12/h3-7H,2H2,1H3. The summed E-state index contributed by atoms with van der Waals surface area (Å²) >= 11 is 5.83. The van der Waals surface area contributed by atoms with E-state index in [0.29, 0.717) is 12.3 Å². The number of halogens is 1. The van der Waals surface area contributed by atoms with E-state index in [2.05, 4.69) is 10.1 Å². The molecule has 2 rings (SSSR count). The van der Waals surface area contributed by atoms with Gasteiger partial charge in [0.25, 0.3) is 0 Å². The number of rotatable bonds is 3. The zero-order chi connectivity index (χ0) is 12.3. The highest BCUT2D eigenvalue weighted by Crippen LogP contribution is 2.17. The van der Waals surface area contributed by atoms with Gasteiger partial charge in [0.05, 0.1) is 23.0 Å². The Hall–Kier alpha value is -1.88. The van der Waals surface area contributed by atoms with E-state index >= 15 is 0 Å². The van der Waals surface area contributed by atoms with Crippen LogP contribution in [-0.4, -0.2) is 20.7 Å². The second-order valence-corrected chi connectivity index (χ2v) is 3.68. The molecular weight excluding hydrogens is 242 g/mol. The number of aryl methyl sites for hydroxylation is 1. The maximum atomic E-state index is 11.8. The highest BCUT2D eigenvalue weighted by atomic mass is 35.5. The lowest BCUT2D eigenvalue weighted by Crippen LogP contribution is -2.08. The normalized spacial score (nSPS) is 10.2. The molecule has 2 heterocycles. The lowest BCUT2D eigenvalue weighted by molar-refractivity contribution is 0.0734. The van der Waals surface area contributed by atoms with Gasteiger partial charge < -0.3 is 4.74 Å². The van der Waals surface area contributed by atoms with Crippen molar-refractivity contribution in [2.24, 2.45) is 0 Å². The number of hydrogen-bond acceptors (Lipinski definition) is 4. The Labute approximate surface area is 103 Å². The number of carbonyl (C=O) groups excluding carboxylic acids is 1. The maximum absolute atomic E-state index is 11.8. The van der Waals surface area contributed by atoms with E-state index in [0.717, 1.165) is 0 Å². The molecule has 0 fully saturated rings. The van der Waals surface area contributed by atoms with Crippen LogP contribution < -0.4 is 4.74 Å². The average molecular weight is 252 g/mol. The van der Waals surface area contributed by atoms with Crippen LogP contribution in [0.2, 0.25) is 5.02 Å². The molecule has 0 N–H and O–H groups in total. The van der Waals surface area contributed by atoms with Crippen LogP contribution in [0.15, 0.2) is 30.9 Å². The summed E-state index contributed by atoms with van der Waals surface area (Å²) in [7, 11) is 0. The minimum absolute atomic E-state index is 0.264. The fourth-order valence-corrected chi connectivity index (χ4v) is 1.47. The van der Waals surface area contributed by atoms with Crippen LogP contribution in [0.4, 0.5) is 0 Å². The molecule has 0 spiro atoms. The Morgan fingerprint density at radius 1 is 1.53 bits per heavy atom. The summed E-state index contributed by atoms with van der Waals surface area (Å²) in [6.07, 6.45) is 6.01. The number of hydrogen-bond donors (Lipinski definition) is 0. The maximum Gasteiger partial charge on any atom is 0.345 e. The van der Waals surface area contributed by atoms with E-state index in [1.54, 1.807) is 10.9 Å². The van der Waals surface area contributed by atoms with Crippen LogP contribution >= 0.6 is 11.6 Å².